The number of nitrogens with zero attached hydrogens (tertiary/aromatic N) is 3. The smallest absolute Gasteiger partial charge is 0.366 e. The summed E-state index contributed by atoms with van der Waals surface area (Å²) in [5.41, 5.74) is -0.658. The normalized spacial score (nSPS) is 11.9. The first-order valence-corrected chi connectivity index (χ1v) is 8.62. The Morgan fingerprint density at radius 3 is 2.46 bits per heavy atom. The van der Waals surface area contributed by atoms with Crippen molar-refractivity contribution in [1.29, 1.82) is 0 Å². The van der Waals surface area contributed by atoms with Crippen molar-refractivity contribution < 1.29 is 17.6 Å². The fourth-order valence-electron chi connectivity index (χ4n) is 2.76. The Bertz CT molecular complexity index is 992. The second-order valence-electron chi connectivity index (χ2n) is 5.70. The number of anilines is 1. The summed E-state index contributed by atoms with van der Waals surface area (Å²) >= 11 is 0.830. The number of rotatable bonds is 4. The molecule has 2 heterocycles. The number of hydrogen-bond acceptors (Lipinski definition) is 4. The molecule has 0 saturated carbocycles. The number of thiazole rings is 1. The van der Waals surface area contributed by atoms with E-state index in [9.17, 15) is 22.4 Å². The molecule has 0 atom stereocenters. The van der Waals surface area contributed by atoms with E-state index in [4.69, 9.17) is 0 Å². The van der Waals surface area contributed by atoms with Gasteiger partial charge < -0.3 is 4.90 Å². The van der Waals surface area contributed by atoms with Crippen molar-refractivity contribution in [1.82, 2.24) is 9.38 Å². The number of hydrogen-bond donors (Lipinski definition) is 0. The van der Waals surface area contributed by atoms with E-state index in [0.29, 0.717) is 16.6 Å². The zero-order valence-corrected chi connectivity index (χ0v) is 14.8. The molecule has 0 saturated heterocycles. The summed E-state index contributed by atoms with van der Waals surface area (Å²) in [6.45, 7) is 3.99. The highest BCUT2D eigenvalue weighted by Gasteiger charge is 2.37. The first kappa shape index (κ1) is 18.4. The van der Waals surface area contributed by atoms with E-state index in [1.54, 1.807) is 12.1 Å². The molecule has 0 N–H and O–H groups in total. The zero-order chi connectivity index (χ0) is 19.1. The summed E-state index contributed by atoms with van der Waals surface area (Å²) in [4.78, 5) is 18.4. The Hall–Kier alpha value is -2.42. The number of aromatic nitrogens is 2. The van der Waals surface area contributed by atoms with Crippen LogP contribution in [0.4, 0.5) is 23.2 Å². The maximum Gasteiger partial charge on any atom is 0.433 e. The molecule has 2 aromatic heterocycles. The van der Waals surface area contributed by atoms with E-state index in [1.165, 1.54) is 19.1 Å². The summed E-state index contributed by atoms with van der Waals surface area (Å²) in [7, 11) is 0. The van der Waals surface area contributed by atoms with Crippen LogP contribution in [0.5, 0.6) is 0 Å². The maximum absolute atomic E-state index is 13.2. The SMILES string of the molecule is CCN(Cc1cc(=O)n2c(C(F)(F)F)c(C)sc2n1)c1ccc(F)cc1. The fourth-order valence-corrected chi connectivity index (χ4v) is 3.78. The first-order valence-electron chi connectivity index (χ1n) is 7.80. The maximum atomic E-state index is 13.2. The molecule has 9 heteroatoms. The second kappa shape index (κ2) is 6.71. The minimum Gasteiger partial charge on any atom is -0.366 e. The van der Waals surface area contributed by atoms with Gasteiger partial charge >= 0.3 is 6.18 Å². The zero-order valence-electron chi connectivity index (χ0n) is 14.0. The van der Waals surface area contributed by atoms with Crippen molar-refractivity contribution >= 4 is 22.0 Å². The lowest BCUT2D eigenvalue weighted by atomic mass is 10.2. The van der Waals surface area contributed by atoms with Gasteiger partial charge in [-0.2, -0.15) is 13.2 Å². The van der Waals surface area contributed by atoms with Crippen LogP contribution in [-0.2, 0) is 12.7 Å². The number of fused-ring (bicyclic) bond motifs is 1. The van der Waals surface area contributed by atoms with Crippen LogP contribution in [0, 0.1) is 12.7 Å². The molecule has 0 fully saturated rings. The van der Waals surface area contributed by atoms with Crippen LogP contribution in [-0.4, -0.2) is 15.9 Å². The van der Waals surface area contributed by atoms with Crippen molar-refractivity contribution in [3.05, 3.63) is 62.8 Å². The number of benzene rings is 1. The predicted octanol–water partition coefficient (Wildman–Crippen LogP) is 4.25. The third kappa shape index (κ3) is 3.44. The first-order chi connectivity index (χ1) is 12.2. The number of halogens is 4. The van der Waals surface area contributed by atoms with Crippen LogP contribution in [0.1, 0.15) is 23.2 Å². The molecule has 3 aromatic rings. The van der Waals surface area contributed by atoms with Crippen molar-refractivity contribution in [2.45, 2.75) is 26.6 Å². The van der Waals surface area contributed by atoms with Crippen molar-refractivity contribution in [3.63, 3.8) is 0 Å². The quantitative estimate of drug-likeness (QED) is 0.630. The highest BCUT2D eigenvalue weighted by Crippen LogP contribution is 2.35. The molecule has 3 rings (SSSR count). The molecule has 0 bridgehead atoms. The number of alkyl halides is 3. The van der Waals surface area contributed by atoms with Crippen LogP contribution < -0.4 is 10.5 Å². The topological polar surface area (TPSA) is 37.6 Å². The van der Waals surface area contributed by atoms with Gasteiger partial charge in [-0.1, -0.05) is 0 Å². The van der Waals surface area contributed by atoms with Crippen LogP contribution in [0.3, 0.4) is 0 Å². The third-order valence-electron chi connectivity index (χ3n) is 3.94. The van der Waals surface area contributed by atoms with Crippen molar-refractivity contribution in [3.8, 4) is 0 Å². The van der Waals surface area contributed by atoms with Gasteiger partial charge in [0.2, 0.25) is 0 Å². The monoisotopic (exact) mass is 385 g/mol. The van der Waals surface area contributed by atoms with Gasteiger partial charge in [-0.15, -0.1) is 11.3 Å². The molecule has 0 aliphatic rings. The van der Waals surface area contributed by atoms with Crippen LogP contribution in [0.2, 0.25) is 0 Å². The summed E-state index contributed by atoms with van der Waals surface area (Å²) in [5.74, 6) is -0.365. The van der Waals surface area contributed by atoms with Gasteiger partial charge in [-0.05, 0) is 38.1 Å². The fraction of sp³-hybridized carbons (Fsp3) is 0.294. The van der Waals surface area contributed by atoms with Gasteiger partial charge in [-0.3, -0.25) is 4.79 Å². The molecule has 0 radical (unpaired) electrons. The molecule has 0 spiro atoms. The summed E-state index contributed by atoms with van der Waals surface area (Å²) in [5, 5.41) is 0. The molecule has 26 heavy (non-hydrogen) atoms. The Labute approximate surface area is 150 Å². The molecule has 0 aliphatic heterocycles. The Balaban J connectivity index is 2.01. The molecule has 138 valence electrons. The second-order valence-corrected chi connectivity index (χ2v) is 6.88. The van der Waals surface area contributed by atoms with E-state index in [0.717, 1.165) is 23.1 Å². The molecule has 4 nitrogen and oxygen atoms in total. The highest BCUT2D eigenvalue weighted by atomic mass is 32.1. The average molecular weight is 385 g/mol. The van der Waals surface area contributed by atoms with Gasteiger partial charge in [0, 0.05) is 23.2 Å². The van der Waals surface area contributed by atoms with Gasteiger partial charge in [0.15, 0.2) is 4.96 Å². The van der Waals surface area contributed by atoms with Crippen molar-refractivity contribution in [2.75, 3.05) is 11.4 Å². The molecule has 0 aliphatic carbocycles. The molecule has 0 amide bonds. The lowest BCUT2D eigenvalue weighted by Gasteiger charge is -2.22. The van der Waals surface area contributed by atoms with Gasteiger partial charge in [0.05, 0.1) is 12.2 Å². The van der Waals surface area contributed by atoms with E-state index >= 15 is 0 Å². The van der Waals surface area contributed by atoms with Crippen LogP contribution in [0.25, 0.3) is 4.96 Å². The van der Waals surface area contributed by atoms with E-state index in [-0.39, 0.29) is 22.2 Å². The average Bonchev–Trinajstić information content (AvgIpc) is 2.90. The van der Waals surface area contributed by atoms with Crippen molar-refractivity contribution in [2.24, 2.45) is 0 Å². The Morgan fingerprint density at radius 2 is 1.88 bits per heavy atom. The predicted molar refractivity (Wildman–Crippen MR) is 92.2 cm³/mol. The van der Waals surface area contributed by atoms with E-state index in [1.807, 2.05) is 11.8 Å². The molecule has 1 aromatic carbocycles. The van der Waals surface area contributed by atoms with E-state index < -0.39 is 17.4 Å². The lowest BCUT2D eigenvalue weighted by Crippen LogP contribution is -2.26. The summed E-state index contributed by atoms with van der Waals surface area (Å²) < 4.78 is 53.3. The minimum atomic E-state index is -4.63. The lowest BCUT2D eigenvalue weighted by molar-refractivity contribution is -0.142. The van der Waals surface area contributed by atoms with Gasteiger partial charge in [0.1, 0.15) is 11.5 Å². The molecule has 0 unspecified atom stereocenters. The highest BCUT2D eigenvalue weighted by molar-refractivity contribution is 7.17. The minimum absolute atomic E-state index is 0.00693. The standard InChI is InChI=1S/C17H15F4N3OS/c1-3-23(13-6-4-11(18)5-7-13)9-12-8-14(25)24-15(17(19,20)21)10(2)26-16(24)22-12/h4-8H,3,9H2,1-2H3. The Kier molecular flexibility index (Phi) is 4.74. The van der Waals surface area contributed by atoms with Gasteiger partial charge in [0.25, 0.3) is 5.56 Å². The van der Waals surface area contributed by atoms with Crippen LogP contribution in [0.15, 0.2) is 35.1 Å². The summed E-state index contributed by atoms with van der Waals surface area (Å²) in [6, 6.07) is 6.95. The molecular formula is C17H15F4N3OS. The van der Waals surface area contributed by atoms with E-state index in [2.05, 4.69) is 4.98 Å². The van der Waals surface area contributed by atoms with Crippen LogP contribution >= 0.6 is 11.3 Å². The number of aryl methyl sites for hydroxylation is 1. The third-order valence-corrected chi connectivity index (χ3v) is 4.89. The molecular weight excluding hydrogens is 370 g/mol. The summed E-state index contributed by atoms with van der Waals surface area (Å²) in [6.07, 6.45) is -4.63. The van der Waals surface area contributed by atoms with Gasteiger partial charge in [-0.25, -0.2) is 13.8 Å². The largest absolute Gasteiger partial charge is 0.433 e. The Morgan fingerprint density at radius 1 is 1.23 bits per heavy atom.